The highest BCUT2D eigenvalue weighted by Crippen LogP contribution is 2.38. The fourth-order valence-corrected chi connectivity index (χ4v) is 3.34. The Kier molecular flexibility index (Phi) is 4.52. The predicted molar refractivity (Wildman–Crippen MR) is 86.4 cm³/mol. The molecule has 2 nitrogen and oxygen atoms in total. The zero-order valence-electron chi connectivity index (χ0n) is 13.4. The molecule has 128 valence electrons. The molecule has 5 heteroatoms. The van der Waals surface area contributed by atoms with Crippen molar-refractivity contribution in [1.82, 2.24) is 0 Å². The van der Waals surface area contributed by atoms with Crippen molar-refractivity contribution in [2.24, 2.45) is 5.92 Å². The number of carbonyl (C=O) groups is 1. The van der Waals surface area contributed by atoms with Crippen LogP contribution in [-0.2, 0) is 6.18 Å². The summed E-state index contributed by atoms with van der Waals surface area (Å²) < 4.78 is 46.1. The molecule has 0 amide bonds. The summed E-state index contributed by atoms with van der Waals surface area (Å²) in [4.78, 5) is 11.0. The van der Waals surface area contributed by atoms with Crippen LogP contribution in [0.3, 0.4) is 0 Å². The minimum atomic E-state index is -4.59. The molecule has 0 N–H and O–H groups in total. The molecule has 0 bridgehead atoms. The molecule has 1 aliphatic carbocycles. The van der Waals surface area contributed by atoms with E-state index in [0.29, 0.717) is 17.1 Å². The summed E-state index contributed by atoms with van der Waals surface area (Å²) in [6.45, 7) is 2.20. The lowest BCUT2D eigenvalue weighted by atomic mass is 9.89. The van der Waals surface area contributed by atoms with Gasteiger partial charge in [-0.05, 0) is 54.5 Å². The molecule has 1 saturated carbocycles. The summed E-state index contributed by atoms with van der Waals surface area (Å²) in [5, 5.41) is 0.450. The first kappa shape index (κ1) is 16.8. The minimum Gasteiger partial charge on any atom is -0.490 e. The number of carbonyl (C=O) groups excluding carboxylic acids is 1. The fraction of sp³-hybridized carbons (Fsp3) is 0.421. The number of rotatable bonds is 3. The fourth-order valence-electron chi connectivity index (χ4n) is 3.34. The number of halogens is 3. The van der Waals surface area contributed by atoms with Gasteiger partial charge < -0.3 is 4.74 Å². The van der Waals surface area contributed by atoms with Crippen molar-refractivity contribution < 1.29 is 22.7 Å². The molecule has 24 heavy (non-hydrogen) atoms. The molecule has 0 aliphatic heterocycles. The van der Waals surface area contributed by atoms with Crippen LogP contribution in [-0.4, -0.2) is 12.4 Å². The van der Waals surface area contributed by atoms with Crippen molar-refractivity contribution in [3.8, 4) is 5.75 Å². The number of fused-ring (bicyclic) bond motifs is 1. The zero-order valence-corrected chi connectivity index (χ0v) is 13.4. The summed E-state index contributed by atoms with van der Waals surface area (Å²) in [5.74, 6) is 1.10. The number of hydrogen-bond donors (Lipinski definition) is 0. The molecule has 0 spiro atoms. The molecular formula is C19H19F3O2. The Morgan fingerprint density at radius 3 is 2.38 bits per heavy atom. The van der Waals surface area contributed by atoms with E-state index in [4.69, 9.17) is 4.74 Å². The Morgan fingerprint density at radius 2 is 1.75 bits per heavy atom. The zero-order chi connectivity index (χ0) is 17.3. The van der Waals surface area contributed by atoms with Gasteiger partial charge >= 0.3 is 6.18 Å². The van der Waals surface area contributed by atoms with Gasteiger partial charge in [0.05, 0.1) is 11.7 Å². The Morgan fingerprint density at radius 1 is 1.08 bits per heavy atom. The molecule has 0 unspecified atom stereocenters. The van der Waals surface area contributed by atoms with E-state index in [1.165, 1.54) is 18.2 Å². The van der Waals surface area contributed by atoms with Crippen LogP contribution >= 0.6 is 0 Å². The van der Waals surface area contributed by atoms with Crippen LogP contribution < -0.4 is 4.74 Å². The molecule has 0 radical (unpaired) electrons. The largest absolute Gasteiger partial charge is 0.490 e. The van der Waals surface area contributed by atoms with E-state index in [2.05, 4.69) is 6.92 Å². The van der Waals surface area contributed by atoms with Gasteiger partial charge in [0.15, 0.2) is 6.29 Å². The second kappa shape index (κ2) is 6.46. The lowest BCUT2D eigenvalue weighted by molar-refractivity contribution is -0.136. The second-order valence-electron chi connectivity index (χ2n) is 6.53. The van der Waals surface area contributed by atoms with Gasteiger partial charge in [0, 0.05) is 5.56 Å². The molecule has 0 atom stereocenters. The molecular weight excluding hydrogens is 317 g/mol. The van der Waals surface area contributed by atoms with Gasteiger partial charge in [-0.2, -0.15) is 13.2 Å². The Labute approximate surface area is 138 Å². The van der Waals surface area contributed by atoms with E-state index in [9.17, 15) is 18.0 Å². The van der Waals surface area contributed by atoms with E-state index in [1.54, 1.807) is 12.1 Å². The Hall–Kier alpha value is -2.04. The van der Waals surface area contributed by atoms with Crippen molar-refractivity contribution in [3.05, 3.63) is 41.5 Å². The van der Waals surface area contributed by atoms with Crippen LogP contribution in [0, 0.1) is 5.92 Å². The number of ether oxygens (including phenoxy) is 1. The van der Waals surface area contributed by atoms with Gasteiger partial charge in [-0.3, -0.25) is 4.79 Å². The molecule has 1 aliphatic rings. The summed E-state index contributed by atoms with van der Waals surface area (Å²) in [6.07, 6.45) is -0.322. The Balaban J connectivity index is 1.98. The standard InChI is InChI=1S/C19H19F3O2/c1-12-2-7-15(8-3-12)24-16-9-6-13-4-5-14(11-23)18(17(13)10-16)19(20,21)22/h4-6,9-12,15H,2-3,7-8H2,1H3/t12-,15+. The number of alkyl halides is 3. The Bertz CT molecular complexity index is 744. The minimum absolute atomic E-state index is 0.00813. The maximum atomic E-state index is 13.4. The van der Waals surface area contributed by atoms with Crippen molar-refractivity contribution in [1.29, 1.82) is 0 Å². The number of hydrogen-bond acceptors (Lipinski definition) is 2. The average Bonchev–Trinajstić information content (AvgIpc) is 2.54. The van der Waals surface area contributed by atoms with E-state index >= 15 is 0 Å². The third kappa shape index (κ3) is 3.40. The van der Waals surface area contributed by atoms with Crippen molar-refractivity contribution >= 4 is 17.1 Å². The molecule has 0 aromatic heterocycles. The molecule has 0 saturated heterocycles. The highest BCUT2D eigenvalue weighted by Gasteiger charge is 2.35. The normalized spacial score (nSPS) is 21.7. The third-order valence-electron chi connectivity index (χ3n) is 4.70. The summed E-state index contributed by atoms with van der Waals surface area (Å²) in [5.41, 5.74) is -1.24. The van der Waals surface area contributed by atoms with Crippen LogP contribution in [0.4, 0.5) is 13.2 Å². The van der Waals surface area contributed by atoms with Crippen LogP contribution in [0.25, 0.3) is 10.8 Å². The second-order valence-corrected chi connectivity index (χ2v) is 6.53. The predicted octanol–water partition coefficient (Wildman–Crippen LogP) is 5.63. The molecule has 2 aromatic rings. The quantitative estimate of drug-likeness (QED) is 0.679. The van der Waals surface area contributed by atoms with Crippen LogP contribution in [0.5, 0.6) is 5.75 Å². The van der Waals surface area contributed by atoms with Gasteiger partial charge in [-0.25, -0.2) is 0 Å². The topological polar surface area (TPSA) is 26.3 Å². The summed E-state index contributed by atoms with van der Waals surface area (Å²) in [7, 11) is 0. The highest BCUT2D eigenvalue weighted by atomic mass is 19.4. The van der Waals surface area contributed by atoms with Gasteiger partial charge in [-0.1, -0.05) is 25.1 Å². The lowest BCUT2D eigenvalue weighted by Crippen LogP contribution is -2.23. The van der Waals surface area contributed by atoms with E-state index in [-0.39, 0.29) is 23.3 Å². The molecule has 0 heterocycles. The van der Waals surface area contributed by atoms with E-state index in [0.717, 1.165) is 25.7 Å². The molecule has 1 fully saturated rings. The highest BCUT2D eigenvalue weighted by molar-refractivity contribution is 5.94. The first-order valence-electron chi connectivity index (χ1n) is 8.14. The number of benzene rings is 2. The van der Waals surface area contributed by atoms with E-state index in [1.807, 2.05) is 0 Å². The maximum Gasteiger partial charge on any atom is 0.417 e. The lowest BCUT2D eigenvalue weighted by Gasteiger charge is -2.27. The van der Waals surface area contributed by atoms with Crippen molar-refractivity contribution in [3.63, 3.8) is 0 Å². The van der Waals surface area contributed by atoms with Crippen molar-refractivity contribution in [2.45, 2.75) is 44.9 Å². The van der Waals surface area contributed by atoms with Crippen molar-refractivity contribution in [2.75, 3.05) is 0 Å². The van der Waals surface area contributed by atoms with Gasteiger partial charge in [-0.15, -0.1) is 0 Å². The smallest absolute Gasteiger partial charge is 0.417 e. The maximum absolute atomic E-state index is 13.4. The SMILES string of the molecule is C[C@H]1CC[C@@H](Oc2ccc3ccc(C=O)c(C(F)(F)F)c3c2)CC1. The first-order chi connectivity index (χ1) is 11.4. The molecule has 3 rings (SSSR count). The van der Waals surface area contributed by atoms with Crippen LogP contribution in [0.1, 0.15) is 48.5 Å². The van der Waals surface area contributed by atoms with Gasteiger partial charge in [0.25, 0.3) is 0 Å². The first-order valence-corrected chi connectivity index (χ1v) is 8.14. The van der Waals surface area contributed by atoms with Crippen LogP contribution in [0.2, 0.25) is 0 Å². The van der Waals surface area contributed by atoms with E-state index < -0.39 is 11.7 Å². The molecule has 2 aromatic carbocycles. The van der Waals surface area contributed by atoms with Gasteiger partial charge in [0.2, 0.25) is 0 Å². The average molecular weight is 336 g/mol. The summed E-state index contributed by atoms with van der Waals surface area (Å²) >= 11 is 0. The number of aldehydes is 1. The summed E-state index contributed by atoms with van der Waals surface area (Å²) in [6, 6.07) is 7.45. The monoisotopic (exact) mass is 336 g/mol. The van der Waals surface area contributed by atoms with Gasteiger partial charge in [0.1, 0.15) is 5.75 Å². The third-order valence-corrected chi connectivity index (χ3v) is 4.70. The van der Waals surface area contributed by atoms with Crippen LogP contribution in [0.15, 0.2) is 30.3 Å².